The van der Waals surface area contributed by atoms with Crippen LogP contribution in [-0.2, 0) is 6.54 Å². The molecule has 1 heterocycles. The molecular formula is C16H11N2O4-. The van der Waals surface area contributed by atoms with Gasteiger partial charge in [-0.15, -0.1) is 0 Å². The van der Waals surface area contributed by atoms with Gasteiger partial charge in [-0.25, -0.2) is 4.79 Å². The Labute approximate surface area is 124 Å². The SMILES string of the molecule is O=C([O-])c1ccc2c(=O)n(Cc3ccccc3)c(=O)[nH]c2c1. The Morgan fingerprint density at radius 1 is 1.09 bits per heavy atom. The van der Waals surface area contributed by atoms with E-state index in [1.807, 2.05) is 30.3 Å². The minimum absolute atomic E-state index is 0.0941. The summed E-state index contributed by atoms with van der Waals surface area (Å²) in [4.78, 5) is 37.9. The first-order valence-electron chi connectivity index (χ1n) is 6.58. The van der Waals surface area contributed by atoms with Crippen LogP contribution < -0.4 is 16.4 Å². The predicted molar refractivity (Wildman–Crippen MR) is 78.7 cm³/mol. The fourth-order valence-electron chi connectivity index (χ4n) is 2.29. The number of hydrogen-bond donors (Lipinski definition) is 1. The summed E-state index contributed by atoms with van der Waals surface area (Å²) < 4.78 is 1.08. The van der Waals surface area contributed by atoms with E-state index in [1.165, 1.54) is 18.2 Å². The van der Waals surface area contributed by atoms with Crippen LogP contribution in [0.3, 0.4) is 0 Å². The maximum absolute atomic E-state index is 12.4. The van der Waals surface area contributed by atoms with E-state index >= 15 is 0 Å². The lowest BCUT2D eigenvalue weighted by atomic mass is 10.1. The molecule has 6 nitrogen and oxygen atoms in total. The van der Waals surface area contributed by atoms with Crippen LogP contribution in [0.2, 0.25) is 0 Å². The summed E-state index contributed by atoms with van der Waals surface area (Å²) in [5, 5.41) is 11.1. The summed E-state index contributed by atoms with van der Waals surface area (Å²) in [5.74, 6) is -1.36. The number of aromatic carboxylic acids is 1. The lowest BCUT2D eigenvalue weighted by molar-refractivity contribution is -0.255. The fraction of sp³-hybridized carbons (Fsp3) is 0.0625. The van der Waals surface area contributed by atoms with Crippen molar-refractivity contribution in [2.24, 2.45) is 0 Å². The average molecular weight is 295 g/mol. The van der Waals surface area contributed by atoms with Gasteiger partial charge in [0.05, 0.1) is 23.4 Å². The van der Waals surface area contributed by atoms with Crippen LogP contribution in [0.4, 0.5) is 0 Å². The molecule has 0 aliphatic rings. The Balaban J connectivity index is 2.17. The monoisotopic (exact) mass is 295 g/mol. The zero-order chi connectivity index (χ0) is 15.7. The van der Waals surface area contributed by atoms with Crippen LogP contribution in [0.15, 0.2) is 58.1 Å². The van der Waals surface area contributed by atoms with E-state index in [0.29, 0.717) is 0 Å². The summed E-state index contributed by atoms with van der Waals surface area (Å²) in [6, 6.07) is 13.0. The highest BCUT2D eigenvalue weighted by molar-refractivity contribution is 5.91. The van der Waals surface area contributed by atoms with Crippen molar-refractivity contribution in [2.75, 3.05) is 0 Å². The standard InChI is InChI=1S/C16H12N2O4/c19-14-12-7-6-11(15(20)21)8-13(12)17-16(22)18(14)9-10-4-2-1-3-5-10/h1-8H,9H2,(H,17,22)(H,20,21)/p-1. The van der Waals surface area contributed by atoms with Gasteiger partial charge >= 0.3 is 5.69 Å². The number of hydrogen-bond acceptors (Lipinski definition) is 4. The Morgan fingerprint density at radius 3 is 2.50 bits per heavy atom. The van der Waals surface area contributed by atoms with Crippen molar-refractivity contribution in [2.45, 2.75) is 6.54 Å². The zero-order valence-corrected chi connectivity index (χ0v) is 11.4. The molecule has 0 unspecified atom stereocenters. The second-order valence-corrected chi connectivity index (χ2v) is 4.85. The van der Waals surface area contributed by atoms with E-state index in [4.69, 9.17) is 0 Å². The van der Waals surface area contributed by atoms with Crippen molar-refractivity contribution < 1.29 is 9.90 Å². The molecule has 3 aromatic rings. The number of fused-ring (bicyclic) bond motifs is 1. The largest absolute Gasteiger partial charge is 0.545 e. The molecular weight excluding hydrogens is 284 g/mol. The number of H-pyrrole nitrogens is 1. The molecule has 0 spiro atoms. The molecule has 0 aliphatic heterocycles. The van der Waals surface area contributed by atoms with Crippen LogP contribution in [0, 0.1) is 0 Å². The van der Waals surface area contributed by atoms with E-state index in [9.17, 15) is 19.5 Å². The molecule has 0 saturated carbocycles. The van der Waals surface area contributed by atoms with Gasteiger partial charge in [0.1, 0.15) is 0 Å². The summed E-state index contributed by atoms with van der Waals surface area (Å²) >= 11 is 0. The van der Waals surface area contributed by atoms with Crippen molar-refractivity contribution in [3.63, 3.8) is 0 Å². The molecule has 0 amide bonds. The Hall–Kier alpha value is -3.15. The number of aromatic amines is 1. The molecule has 22 heavy (non-hydrogen) atoms. The highest BCUT2D eigenvalue weighted by Crippen LogP contribution is 2.09. The number of nitrogens with zero attached hydrogens (tertiary/aromatic N) is 1. The van der Waals surface area contributed by atoms with Gasteiger partial charge in [0.25, 0.3) is 5.56 Å². The first kappa shape index (κ1) is 13.8. The summed E-state index contributed by atoms with van der Waals surface area (Å²) in [6.07, 6.45) is 0. The number of carbonyl (C=O) groups is 1. The van der Waals surface area contributed by atoms with E-state index in [1.54, 1.807) is 0 Å². The molecule has 3 rings (SSSR count). The molecule has 0 radical (unpaired) electrons. The number of rotatable bonds is 3. The van der Waals surface area contributed by atoms with Crippen molar-refractivity contribution in [1.82, 2.24) is 9.55 Å². The van der Waals surface area contributed by atoms with E-state index < -0.39 is 17.2 Å². The smallest absolute Gasteiger partial charge is 0.329 e. The van der Waals surface area contributed by atoms with Crippen molar-refractivity contribution >= 4 is 16.9 Å². The predicted octanol–water partition coefficient (Wildman–Crippen LogP) is 0.102. The quantitative estimate of drug-likeness (QED) is 0.741. The highest BCUT2D eigenvalue weighted by atomic mass is 16.4. The van der Waals surface area contributed by atoms with Crippen molar-refractivity contribution in [1.29, 1.82) is 0 Å². The lowest BCUT2D eigenvalue weighted by Crippen LogP contribution is -2.35. The Bertz CT molecular complexity index is 971. The van der Waals surface area contributed by atoms with Gasteiger partial charge < -0.3 is 14.9 Å². The maximum Gasteiger partial charge on any atom is 0.329 e. The molecule has 0 fully saturated rings. The molecule has 0 bridgehead atoms. The zero-order valence-electron chi connectivity index (χ0n) is 11.4. The second-order valence-electron chi connectivity index (χ2n) is 4.85. The number of benzene rings is 2. The molecule has 110 valence electrons. The van der Waals surface area contributed by atoms with Gasteiger partial charge in [-0.05, 0) is 23.3 Å². The Kier molecular flexibility index (Phi) is 3.34. The summed E-state index contributed by atoms with van der Waals surface area (Å²) in [6.45, 7) is 0.146. The minimum Gasteiger partial charge on any atom is -0.545 e. The average Bonchev–Trinajstić information content (AvgIpc) is 2.52. The molecule has 1 aromatic heterocycles. The van der Waals surface area contributed by atoms with Crippen LogP contribution in [-0.4, -0.2) is 15.5 Å². The minimum atomic E-state index is -1.36. The molecule has 6 heteroatoms. The molecule has 2 aromatic carbocycles. The third-order valence-electron chi connectivity index (χ3n) is 3.40. The number of nitrogens with one attached hydrogen (secondary N) is 1. The molecule has 0 aliphatic carbocycles. The molecule has 0 atom stereocenters. The molecule has 1 N–H and O–H groups in total. The van der Waals surface area contributed by atoms with Gasteiger partial charge in [0.2, 0.25) is 0 Å². The third kappa shape index (κ3) is 2.42. The van der Waals surface area contributed by atoms with Crippen LogP contribution >= 0.6 is 0 Å². The van der Waals surface area contributed by atoms with E-state index in [-0.39, 0.29) is 23.0 Å². The van der Waals surface area contributed by atoms with Crippen molar-refractivity contribution in [3.05, 3.63) is 80.5 Å². The lowest BCUT2D eigenvalue weighted by Gasteiger charge is -2.08. The Morgan fingerprint density at radius 2 is 1.82 bits per heavy atom. The number of carboxylic acid groups (broad SMARTS) is 1. The summed E-state index contributed by atoms with van der Waals surface area (Å²) in [7, 11) is 0. The first-order chi connectivity index (χ1) is 10.6. The number of carboxylic acids is 1. The highest BCUT2D eigenvalue weighted by Gasteiger charge is 2.09. The van der Waals surface area contributed by atoms with Crippen molar-refractivity contribution in [3.8, 4) is 0 Å². The normalized spacial score (nSPS) is 10.7. The van der Waals surface area contributed by atoms with Gasteiger partial charge in [-0.2, -0.15) is 0 Å². The maximum atomic E-state index is 12.4. The first-order valence-corrected chi connectivity index (χ1v) is 6.58. The third-order valence-corrected chi connectivity index (χ3v) is 3.40. The number of carbonyl (C=O) groups excluding carboxylic acids is 1. The van der Waals surface area contributed by atoms with E-state index in [2.05, 4.69) is 4.98 Å². The summed E-state index contributed by atoms with van der Waals surface area (Å²) in [5.41, 5.74) is -0.144. The topological polar surface area (TPSA) is 95.0 Å². The van der Waals surface area contributed by atoms with Gasteiger partial charge in [-0.1, -0.05) is 36.4 Å². The molecule has 0 saturated heterocycles. The fourth-order valence-corrected chi connectivity index (χ4v) is 2.29. The van der Waals surface area contributed by atoms with Gasteiger partial charge in [0.15, 0.2) is 0 Å². The van der Waals surface area contributed by atoms with Crippen LogP contribution in [0.5, 0.6) is 0 Å². The van der Waals surface area contributed by atoms with E-state index in [0.717, 1.165) is 10.1 Å². The van der Waals surface area contributed by atoms with Crippen LogP contribution in [0.25, 0.3) is 10.9 Å². The second kappa shape index (κ2) is 5.33. The van der Waals surface area contributed by atoms with Crippen LogP contribution in [0.1, 0.15) is 15.9 Å². The van der Waals surface area contributed by atoms with Gasteiger partial charge in [-0.3, -0.25) is 9.36 Å². The van der Waals surface area contributed by atoms with Gasteiger partial charge in [0, 0.05) is 0 Å². The number of aromatic nitrogens is 2.